The molecule has 11 heteroatoms. The average Bonchev–Trinajstić information content (AvgIpc) is 3.24. The number of hydrogen-bond acceptors (Lipinski definition) is 5. The number of amides is 2. The van der Waals surface area contributed by atoms with Crippen LogP contribution in [0.15, 0.2) is 46.0 Å². The first-order valence-electron chi connectivity index (χ1n) is 7.93. The van der Waals surface area contributed by atoms with Gasteiger partial charge in [-0.2, -0.15) is 13.2 Å². The highest BCUT2D eigenvalue weighted by Gasteiger charge is 2.34. The third-order valence-corrected chi connectivity index (χ3v) is 5.11. The number of carbonyl (C=O) groups is 2. The molecule has 1 aliphatic heterocycles. The summed E-state index contributed by atoms with van der Waals surface area (Å²) in [4.78, 5) is 28.3. The molecule has 0 radical (unpaired) electrons. The number of hydrogen-bond donors (Lipinski definition) is 2. The van der Waals surface area contributed by atoms with E-state index < -0.39 is 33.8 Å². The molecule has 0 bridgehead atoms. The normalized spacial score (nSPS) is 18.4. The van der Waals surface area contributed by atoms with Crippen LogP contribution in [0, 0.1) is 0 Å². The van der Waals surface area contributed by atoms with Gasteiger partial charge in [0.25, 0.3) is 0 Å². The summed E-state index contributed by atoms with van der Waals surface area (Å²) in [7, 11) is 0. The Morgan fingerprint density at radius 2 is 2.14 bits per heavy atom. The van der Waals surface area contributed by atoms with E-state index >= 15 is 0 Å². The molecular formula is C17H13ClF3N3O3S. The van der Waals surface area contributed by atoms with Gasteiger partial charge in [-0.25, -0.2) is 0 Å². The van der Waals surface area contributed by atoms with E-state index in [0.29, 0.717) is 10.9 Å². The SMILES string of the molecule is O=C(CC1SC(=NCc2ccco2)NC1=O)Nc1ccc(Cl)c(C(F)(F)F)c1. The number of amidine groups is 1. The second-order valence-electron chi connectivity index (χ2n) is 5.74. The van der Waals surface area contributed by atoms with Crippen molar-refractivity contribution in [3.63, 3.8) is 0 Å². The molecule has 28 heavy (non-hydrogen) atoms. The zero-order valence-corrected chi connectivity index (χ0v) is 15.6. The first-order valence-corrected chi connectivity index (χ1v) is 9.19. The number of alkyl halides is 3. The Balaban J connectivity index is 1.59. The molecule has 148 valence electrons. The van der Waals surface area contributed by atoms with Crippen molar-refractivity contribution in [2.75, 3.05) is 5.32 Å². The second kappa shape index (κ2) is 8.27. The molecule has 2 amide bonds. The van der Waals surface area contributed by atoms with Crippen LogP contribution in [-0.2, 0) is 22.3 Å². The summed E-state index contributed by atoms with van der Waals surface area (Å²) in [6.45, 7) is 0.236. The molecule has 1 unspecified atom stereocenters. The number of nitrogens with one attached hydrogen (secondary N) is 2. The maximum absolute atomic E-state index is 12.9. The summed E-state index contributed by atoms with van der Waals surface area (Å²) in [5.41, 5.74) is -1.11. The van der Waals surface area contributed by atoms with Crippen LogP contribution in [0.25, 0.3) is 0 Å². The van der Waals surface area contributed by atoms with E-state index in [2.05, 4.69) is 15.6 Å². The van der Waals surface area contributed by atoms with Gasteiger partial charge in [0, 0.05) is 12.1 Å². The predicted molar refractivity (Wildman–Crippen MR) is 99.1 cm³/mol. The molecule has 1 saturated heterocycles. The Morgan fingerprint density at radius 1 is 1.36 bits per heavy atom. The van der Waals surface area contributed by atoms with Gasteiger partial charge in [-0.1, -0.05) is 23.4 Å². The van der Waals surface area contributed by atoms with Gasteiger partial charge in [-0.3, -0.25) is 14.6 Å². The molecule has 1 fully saturated rings. The largest absolute Gasteiger partial charge is 0.467 e. The minimum Gasteiger partial charge on any atom is -0.467 e. The van der Waals surface area contributed by atoms with E-state index in [-0.39, 0.29) is 18.7 Å². The molecule has 0 saturated carbocycles. The smallest absolute Gasteiger partial charge is 0.417 e. The second-order valence-corrected chi connectivity index (χ2v) is 7.34. The molecule has 3 rings (SSSR count). The van der Waals surface area contributed by atoms with Crippen molar-refractivity contribution < 1.29 is 27.2 Å². The van der Waals surface area contributed by atoms with Gasteiger partial charge in [0.1, 0.15) is 11.0 Å². The van der Waals surface area contributed by atoms with Crippen LogP contribution in [0.5, 0.6) is 0 Å². The van der Waals surface area contributed by atoms with Crippen molar-refractivity contribution in [2.24, 2.45) is 4.99 Å². The molecular weight excluding hydrogens is 419 g/mol. The Bertz CT molecular complexity index is 916. The molecule has 0 aliphatic carbocycles. The van der Waals surface area contributed by atoms with Crippen LogP contribution >= 0.6 is 23.4 Å². The van der Waals surface area contributed by atoms with Crippen molar-refractivity contribution in [1.82, 2.24) is 5.32 Å². The molecule has 2 N–H and O–H groups in total. The fourth-order valence-corrected chi connectivity index (χ4v) is 3.56. The van der Waals surface area contributed by atoms with E-state index in [1.54, 1.807) is 12.1 Å². The van der Waals surface area contributed by atoms with Crippen LogP contribution in [0.3, 0.4) is 0 Å². The molecule has 1 aromatic carbocycles. The summed E-state index contributed by atoms with van der Waals surface area (Å²) in [5.74, 6) is -0.382. The highest BCUT2D eigenvalue weighted by atomic mass is 35.5. The van der Waals surface area contributed by atoms with Crippen LogP contribution in [-0.4, -0.2) is 22.2 Å². The Labute approximate surface area is 166 Å². The summed E-state index contributed by atoms with van der Waals surface area (Å²) in [6, 6.07) is 6.50. The summed E-state index contributed by atoms with van der Waals surface area (Å²) < 4.78 is 43.8. The number of halogens is 4. The zero-order chi connectivity index (χ0) is 20.3. The third kappa shape index (κ3) is 5.08. The lowest BCUT2D eigenvalue weighted by atomic mass is 10.2. The van der Waals surface area contributed by atoms with Crippen LogP contribution in [0.2, 0.25) is 5.02 Å². The first-order chi connectivity index (χ1) is 13.2. The predicted octanol–water partition coefficient (Wildman–Crippen LogP) is 4.07. The number of nitrogens with zero attached hydrogens (tertiary/aromatic N) is 1. The maximum Gasteiger partial charge on any atom is 0.417 e. The Kier molecular flexibility index (Phi) is 5.99. The van der Waals surface area contributed by atoms with Gasteiger partial charge >= 0.3 is 6.18 Å². The lowest BCUT2D eigenvalue weighted by Gasteiger charge is -2.12. The molecule has 1 aliphatic rings. The minimum atomic E-state index is -4.64. The van der Waals surface area contributed by atoms with Crippen LogP contribution in [0.1, 0.15) is 17.7 Å². The van der Waals surface area contributed by atoms with Crippen LogP contribution < -0.4 is 10.6 Å². The fourth-order valence-electron chi connectivity index (χ4n) is 2.37. The number of thioether (sulfide) groups is 1. The number of furan rings is 1. The molecule has 1 aromatic heterocycles. The minimum absolute atomic E-state index is 0.0585. The van der Waals surface area contributed by atoms with Gasteiger partial charge in [-0.05, 0) is 30.3 Å². The van der Waals surface area contributed by atoms with Crippen molar-refractivity contribution >= 4 is 46.0 Å². The first kappa shape index (κ1) is 20.3. The summed E-state index contributed by atoms with van der Waals surface area (Å²) in [5, 5.41) is 4.07. The van der Waals surface area contributed by atoms with Crippen molar-refractivity contribution in [3.05, 3.63) is 52.9 Å². The monoisotopic (exact) mass is 431 g/mol. The number of rotatable bonds is 5. The highest BCUT2D eigenvalue weighted by molar-refractivity contribution is 8.15. The highest BCUT2D eigenvalue weighted by Crippen LogP contribution is 2.36. The standard InChI is InChI=1S/C17H13ClF3N3O3S/c18-12-4-3-9(6-11(12)17(19,20)21)23-14(25)7-13-15(26)24-16(28-13)22-8-10-2-1-5-27-10/h1-6,13H,7-8H2,(H,23,25)(H,22,24,26). The van der Waals surface area contributed by atoms with Crippen molar-refractivity contribution in [2.45, 2.75) is 24.4 Å². The fraction of sp³-hybridized carbons (Fsp3) is 0.235. The Morgan fingerprint density at radius 3 is 2.82 bits per heavy atom. The van der Waals surface area contributed by atoms with Gasteiger partial charge in [0.05, 0.1) is 23.4 Å². The number of carbonyl (C=O) groups excluding carboxylic acids is 2. The van der Waals surface area contributed by atoms with Gasteiger partial charge < -0.3 is 15.1 Å². The number of aliphatic imine (C=N–C) groups is 1. The summed E-state index contributed by atoms with van der Waals surface area (Å²) >= 11 is 6.62. The van der Waals surface area contributed by atoms with Crippen molar-refractivity contribution in [3.8, 4) is 0 Å². The van der Waals surface area contributed by atoms with Gasteiger partial charge in [-0.15, -0.1) is 0 Å². The molecule has 1 atom stereocenters. The topological polar surface area (TPSA) is 83.7 Å². The molecule has 6 nitrogen and oxygen atoms in total. The molecule has 0 spiro atoms. The van der Waals surface area contributed by atoms with E-state index in [9.17, 15) is 22.8 Å². The van der Waals surface area contributed by atoms with E-state index in [0.717, 1.165) is 23.9 Å². The third-order valence-electron chi connectivity index (χ3n) is 3.66. The summed E-state index contributed by atoms with van der Waals surface area (Å²) in [6.07, 6.45) is -3.36. The van der Waals surface area contributed by atoms with E-state index in [1.165, 1.54) is 12.3 Å². The number of benzene rings is 1. The number of anilines is 1. The molecule has 2 heterocycles. The van der Waals surface area contributed by atoms with Crippen LogP contribution in [0.4, 0.5) is 18.9 Å². The Hall–Kier alpha value is -2.46. The van der Waals surface area contributed by atoms with Gasteiger partial charge in [0.15, 0.2) is 5.17 Å². The zero-order valence-electron chi connectivity index (χ0n) is 14.0. The average molecular weight is 432 g/mol. The van der Waals surface area contributed by atoms with E-state index in [1.807, 2.05) is 0 Å². The maximum atomic E-state index is 12.9. The molecule has 2 aromatic rings. The quantitative estimate of drug-likeness (QED) is 0.747. The van der Waals surface area contributed by atoms with E-state index in [4.69, 9.17) is 16.0 Å². The van der Waals surface area contributed by atoms with Crippen molar-refractivity contribution in [1.29, 1.82) is 0 Å². The van der Waals surface area contributed by atoms with Gasteiger partial charge in [0.2, 0.25) is 11.8 Å². The lowest BCUT2D eigenvalue weighted by Crippen LogP contribution is -2.28. The lowest BCUT2D eigenvalue weighted by molar-refractivity contribution is -0.137.